The molecule has 2 aliphatic heterocycles. The molecule has 0 spiro atoms. The number of ether oxygens (including phenoxy) is 2. The lowest BCUT2D eigenvalue weighted by Crippen LogP contribution is -2.49. The van der Waals surface area contributed by atoms with Crippen LogP contribution in [0.15, 0.2) is 72.3 Å². The summed E-state index contributed by atoms with van der Waals surface area (Å²) in [6, 6.07) is 15.6. The van der Waals surface area contributed by atoms with Crippen LogP contribution in [0.4, 0.5) is 17.2 Å². The van der Waals surface area contributed by atoms with E-state index in [9.17, 15) is 24.8 Å². The largest absolute Gasteiger partial charge is 0.508 e. The monoisotopic (exact) mass is 821 g/mol. The number of nitro groups is 1. The molecule has 4 heterocycles. The Morgan fingerprint density at radius 3 is 2.38 bits per heavy atom. The van der Waals surface area contributed by atoms with Crippen molar-refractivity contribution in [2.24, 2.45) is 36.1 Å². The van der Waals surface area contributed by atoms with Crippen LogP contribution in [-0.2, 0) is 26.2 Å². The molecule has 2 aromatic heterocycles. The number of hydrogen-bond donors (Lipinski definition) is 1. The van der Waals surface area contributed by atoms with Gasteiger partial charge in [0.25, 0.3) is 5.69 Å². The number of aryl methyl sites for hydroxylation is 2. The van der Waals surface area contributed by atoms with Crippen molar-refractivity contribution in [1.29, 1.82) is 0 Å². The van der Waals surface area contributed by atoms with Crippen molar-refractivity contribution in [3.63, 3.8) is 0 Å². The van der Waals surface area contributed by atoms with E-state index in [1.807, 2.05) is 31.2 Å². The molecule has 9 rings (SSSR count). The molecule has 4 aliphatic rings. The summed E-state index contributed by atoms with van der Waals surface area (Å²) in [6.07, 6.45) is 2.08. The van der Waals surface area contributed by atoms with Gasteiger partial charge in [0.05, 0.1) is 52.9 Å². The maximum absolute atomic E-state index is 15.3. The van der Waals surface area contributed by atoms with Crippen LogP contribution in [0.3, 0.4) is 0 Å². The lowest BCUT2D eigenvalue weighted by Gasteiger charge is -2.49. The fourth-order valence-electron chi connectivity index (χ4n) is 9.97. The van der Waals surface area contributed by atoms with Crippen molar-refractivity contribution in [1.82, 2.24) is 9.78 Å². The number of carbonyl (C=O) groups excluding carboxylic acids is 4. The van der Waals surface area contributed by atoms with Gasteiger partial charge < -0.3 is 14.6 Å². The normalized spacial score (nSPS) is 25.2. The molecule has 16 heteroatoms. The van der Waals surface area contributed by atoms with Gasteiger partial charge in [0.15, 0.2) is 0 Å². The summed E-state index contributed by atoms with van der Waals surface area (Å²) in [5.74, 6) is -5.83. The molecule has 0 bridgehead atoms. The number of aromatic hydroxyl groups is 1. The second-order valence-electron chi connectivity index (χ2n) is 15.4. The molecule has 1 N–H and O–H groups in total. The number of benzene rings is 3. The van der Waals surface area contributed by atoms with E-state index < -0.39 is 63.6 Å². The Morgan fingerprint density at radius 1 is 0.966 bits per heavy atom. The van der Waals surface area contributed by atoms with Gasteiger partial charge in [-0.25, -0.2) is 9.80 Å². The highest BCUT2D eigenvalue weighted by molar-refractivity contribution is 7.22. The van der Waals surface area contributed by atoms with E-state index >= 15 is 9.59 Å². The molecule has 1 saturated carbocycles. The zero-order valence-corrected chi connectivity index (χ0v) is 33.5. The molecule has 3 fully saturated rings. The maximum Gasteiger partial charge on any atom is 0.271 e. The van der Waals surface area contributed by atoms with E-state index in [1.165, 1.54) is 71.5 Å². The Labute approximate surface area is 340 Å². The third kappa shape index (κ3) is 5.18. The molecule has 3 aromatic carbocycles. The number of rotatable bonds is 7. The summed E-state index contributed by atoms with van der Waals surface area (Å²) in [5.41, 5.74) is 0.946. The Morgan fingerprint density at radius 2 is 1.69 bits per heavy atom. The molecule has 58 heavy (non-hydrogen) atoms. The van der Waals surface area contributed by atoms with Crippen molar-refractivity contribution in [3.8, 4) is 27.8 Å². The fraction of sp³-hybridized carbons (Fsp3) is 0.310. The van der Waals surface area contributed by atoms with Gasteiger partial charge in [-0.1, -0.05) is 29.3 Å². The topological polar surface area (TPSA) is 174 Å². The first-order valence-corrected chi connectivity index (χ1v) is 19.8. The zero-order valence-electron chi connectivity index (χ0n) is 31.9. The Kier molecular flexibility index (Phi) is 8.57. The summed E-state index contributed by atoms with van der Waals surface area (Å²) in [4.78, 5) is 73.1. The van der Waals surface area contributed by atoms with Crippen molar-refractivity contribution < 1.29 is 38.7 Å². The smallest absolute Gasteiger partial charge is 0.271 e. The first-order valence-electron chi connectivity index (χ1n) is 18.6. The molecule has 0 radical (unpaired) electrons. The van der Waals surface area contributed by atoms with Gasteiger partial charge in [-0.15, -0.1) is 11.3 Å². The minimum Gasteiger partial charge on any atom is -0.508 e. The molecule has 5 aromatic rings. The summed E-state index contributed by atoms with van der Waals surface area (Å²) in [5, 5.41) is 28.7. The fourth-order valence-corrected chi connectivity index (χ4v) is 11.3. The molecular weight excluding hydrogens is 786 g/mol. The van der Waals surface area contributed by atoms with Crippen LogP contribution >= 0.6 is 22.9 Å². The number of methoxy groups -OCH3 is 2. The number of allylic oxidation sites excluding steroid dienone is 2. The van der Waals surface area contributed by atoms with E-state index in [-0.39, 0.29) is 47.3 Å². The quantitative estimate of drug-likeness (QED) is 0.0758. The van der Waals surface area contributed by atoms with E-state index in [2.05, 4.69) is 0 Å². The van der Waals surface area contributed by atoms with Crippen LogP contribution < -0.4 is 19.3 Å². The summed E-state index contributed by atoms with van der Waals surface area (Å²) in [7, 11) is 4.52. The van der Waals surface area contributed by atoms with Gasteiger partial charge in [0.2, 0.25) is 23.6 Å². The average Bonchev–Trinajstić information content (AvgIpc) is 3.87. The molecule has 296 valence electrons. The predicted octanol–water partition coefficient (Wildman–Crippen LogP) is 7.33. The molecule has 4 amide bonds. The average molecular weight is 822 g/mol. The number of carbonyl (C=O) groups is 4. The van der Waals surface area contributed by atoms with E-state index in [0.717, 1.165) is 25.4 Å². The van der Waals surface area contributed by atoms with Crippen LogP contribution in [0.2, 0.25) is 5.02 Å². The van der Waals surface area contributed by atoms with Crippen molar-refractivity contribution >= 4 is 73.8 Å². The number of thiophene rings is 1. The Balaban J connectivity index is 1.19. The molecule has 2 aliphatic carbocycles. The summed E-state index contributed by atoms with van der Waals surface area (Å²) in [6.45, 7) is 3.72. The second kappa shape index (κ2) is 13.2. The van der Waals surface area contributed by atoms with Gasteiger partial charge in [-0.05, 0) is 67.8 Å². The first-order chi connectivity index (χ1) is 27.7. The molecule has 0 unspecified atom stereocenters. The highest BCUT2D eigenvalue weighted by atomic mass is 35.5. The number of hydrogen-bond acceptors (Lipinski definition) is 11. The minimum atomic E-state index is -1.47. The van der Waals surface area contributed by atoms with Gasteiger partial charge >= 0.3 is 0 Å². The Hall–Kier alpha value is -6.06. The number of non-ortho nitro benzene ring substituents is 1. The number of phenols is 1. The van der Waals surface area contributed by atoms with Gasteiger partial charge in [-0.2, -0.15) is 5.10 Å². The van der Waals surface area contributed by atoms with Crippen molar-refractivity contribution in [3.05, 3.63) is 98.6 Å². The third-order valence-corrected chi connectivity index (χ3v) is 14.1. The predicted molar refractivity (Wildman–Crippen MR) is 215 cm³/mol. The number of halogens is 1. The number of nitrogens with zero attached hydrogens (tertiary/aromatic N) is 5. The van der Waals surface area contributed by atoms with Crippen LogP contribution in [-0.4, -0.2) is 57.7 Å². The van der Waals surface area contributed by atoms with Crippen molar-refractivity contribution in [2.45, 2.75) is 32.6 Å². The standard InChI is InChI=1S/C42H36ClN5O9S/c1-19-26-13-20(43)9-12-32(26)58-37(19)29-18-33(45(3)44-29)47-39(51)28-17-27-24(36(42(28,2)41(47)53)35-30(56-4)15-23(49)16-31(35)57-5)10-11-25-34(27)40(52)46(38(25)50)21-7-6-8-22(14-21)48(54)55/h6-10,12-16,18,25,27-28,34,36,49H,11,17H2,1-5H3/t25-,27+,28-,34-,36+,42+/m0/s1. The number of nitro benzene ring substituents is 1. The minimum absolute atomic E-state index is 0.0620. The number of aromatic nitrogens is 2. The summed E-state index contributed by atoms with van der Waals surface area (Å²) < 4.78 is 14.2. The highest BCUT2D eigenvalue weighted by Crippen LogP contribution is 2.66. The van der Waals surface area contributed by atoms with Crippen LogP contribution in [0.5, 0.6) is 17.2 Å². The van der Waals surface area contributed by atoms with E-state index in [0.29, 0.717) is 21.9 Å². The number of fused-ring (bicyclic) bond motifs is 5. The SMILES string of the molecule is COc1cc(O)cc(OC)c1[C@H]1C2=CC[C@@H]3C(=O)N(c4cccc([N+](=O)[O-])c4)C(=O)[C@@H]3[C@@H]2C[C@H]2C(=O)N(c3cc(-c4sc5ccc(Cl)cc5c4C)nn3C)C(=O)[C@@]12C. The van der Waals surface area contributed by atoms with E-state index in [1.54, 1.807) is 20.0 Å². The summed E-state index contributed by atoms with van der Waals surface area (Å²) >= 11 is 7.85. The first kappa shape index (κ1) is 37.5. The molecular formula is C42H36ClN5O9S. The lowest BCUT2D eigenvalue weighted by molar-refractivity contribution is -0.384. The second-order valence-corrected chi connectivity index (χ2v) is 16.9. The van der Waals surface area contributed by atoms with Gasteiger partial charge in [-0.3, -0.25) is 34.0 Å². The molecule has 14 nitrogen and oxygen atoms in total. The molecule has 2 saturated heterocycles. The van der Waals surface area contributed by atoms with Crippen LogP contribution in [0.25, 0.3) is 20.7 Å². The van der Waals surface area contributed by atoms with Gasteiger partial charge in [0.1, 0.15) is 28.8 Å². The van der Waals surface area contributed by atoms with Gasteiger partial charge in [0, 0.05) is 58.6 Å². The van der Waals surface area contributed by atoms with Crippen molar-refractivity contribution in [2.75, 3.05) is 24.0 Å². The number of phenolic OH excluding ortho intramolecular Hbond substituents is 1. The Bertz CT molecular complexity index is 2680. The highest BCUT2D eigenvalue weighted by Gasteiger charge is 2.68. The number of imide groups is 2. The maximum atomic E-state index is 15.3. The zero-order chi connectivity index (χ0) is 41.1. The lowest BCUT2D eigenvalue weighted by atomic mass is 9.51. The third-order valence-electron chi connectivity index (χ3n) is 12.6. The van der Waals surface area contributed by atoms with Crippen LogP contribution in [0, 0.1) is 46.1 Å². The van der Waals surface area contributed by atoms with Crippen LogP contribution in [0.1, 0.15) is 36.8 Å². The van der Waals surface area contributed by atoms with E-state index in [4.69, 9.17) is 26.2 Å². The number of amides is 4. The number of anilines is 2. The molecule has 6 atom stereocenters.